The van der Waals surface area contributed by atoms with Gasteiger partial charge in [0.15, 0.2) is 0 Å². The van der Waals surface area contributed by atoms with Crippen LogP contribution in [0.2, 0.25) is 0 Å². The van der Waals surface area contributed by atoms with Crippen LogP contribution in [0.1, 0.15) is 17.2 Å². The van der Waals surface area contributed by atoms with Gasteiger partial charge in [0.2, 0.25) is 0 Å². The Labute approximate surface area is 163 Å². The summed E-state index contributed by atoms with van der Waals surface area (Å²) in [5.41, 5.74) is 8.42. The summed E-state index contributed by atoms with van der Waals surface area (Å²) in [6, 6.07) is 12.4. The number of aryl methyl sites for hydroxylation is 1. The molecule has 28 heavy (non-hydrogen) atoms. The van der Waals surface area contributed by atoms with Crippen LogP contribution in [-0.4, -0.2) is 55.1 Å². The Hall–Kier alpha value is -2.48. The molecule has 1 saturated heterocycles. The molecule has 150 valence electrons. The first-order valence-electron chi connectivity index (χ1n) is 9.28. The molecule has 2 aromatic carbocycles. The van der Waals surface area contributed by atoms with Crippen LogP contribution in [0.25, 0.3) is 11.1 Å². The largest absolute Gasteiger partial charge is 0.465 e. The number of carboxylic acid groups (broad SMARTS) is 1. The van der Waals surface area contributed by atoms with Crippen LogP contribution < -0.4 is 5.73 Å². The van der Waals surface area contributed by atoms with Crippen LogP contribution in [0.4, 0.5) is 9.18 Å². The first-order chi connectivity index (χ1) is 13.5. The molecule has 0 aromatic heterocycles. The number of halogens is 1. The maximum Gasteiger partial charge on any atom is 0.407 e. The third-order valence-corrected chi connectivity index (χ3v) is 4.78. The summed E-state index contributed by atoms with van der Waals surface area (Å²) in [4.78, 5) is 12.7. The number of amides is 1. The van der Waals surface area contributed by atoms with Crippen molar-refractivity contribution in [2.45, 2.75) is 19.1 Å². The van der Waals surface area contributed by atoms with Gasteiger partial charge in [0.1, 0.15) is 18.0 Å². The Morgan fingerprint density at radius 1 is 1.39 bits per heavy atom. The molecule has 0 radical (unpaired) electrons. The summed E-state index contributed by atoms with van der Waals surface area (Å²) in [6.45, 7) is 3.19. The predicted octanol–water partition coefficient (Wildman–Crippen LogP) is 3.20. The Morgan fingerprint density at radius 2 is 2.18 bits per heavy atom. The molecule has 3 rings (SSSR count). The Kier molecular flexibility index (Phi) is 6.61. The average molecular weight is 388 g/mol. The number of rotatable bonds is 6. The van der Waals surface area contributed by atoms with Crippen LogP contribution >= 0.6 is 0 Å². The number of nitrogens with zero attached hydrogens (tertiary/aromatic N) is 1. The highest BCUT2D eigenvalue weighted by atomic mass is 19.1. The summed E-state index contributed by atoms with van der Waals surface area (Å²) in [5.74, 6) is -0.365. The van der Waals surface area contributed by atoms with Crippen molar-refractivity contribution in [3.63, 3.8) is 0 Å². The fourth-order valence-electron chi connectivity index (χ4n) is 3.51. The predicted molar refractivity (Wildman–Crippen MR) is 104 cm³/mol. The summed E-state index contributed by atoms with van der Waals surface area (Å²) in [6.07, 6.45) is -2.21. The number of ether oxygens (including phenoxy) is 2. The van der Waals surface area contributed by atoms with Gasteiger partial charge >= 0.3 is 6.09 Å². The van der Waals surface area contributed by atoms with Gasteiger partial charge in [-0.15, -0.1) is 0 Å². The summed E-state index contributed by atoms with van der Waals surface area (Å²) in [7, 11) is 0. The molecular weight excluding hydrogens is 363 g/mol. The van der Waals surface area contributed by atoms with Gasteiger partial charge in [0, 0.05) is 18.7 Å². The number of nitrogens with two attached hydrogens (primary N) is 1. The van der Waals surface area contributed by atoms with E-state index in [9.17, 15) is 14.3 Å². The van der Waals surface area contributed by atoms with E-state index >= 15 is 0 Å². The average Bonchev–Trinajstić information content (AvgIpc) is 2.68. The second-order valence-corrected chi connectivity index (χ2v) is 6.79. The van der Waals surface area contributed by atoms with Crippen molar-refractivity contribution in [2.75, 3.05) is 32.8 Å². The van der Waals surface area contributed by atoms with Crippen molar-refractivity contribution in [3.8, 4) is 11.1 Å². The van der Waals surface area contributed by atoms with Gasteiger partial charge in [-0.05, 0) is 24.1 Å². The van der Waals surface area contributed by atoms with Gasteiger partial charge in [-0.1, -0.05) is 42.0 Å². The lowest BCUT2D eigenvalue weighted by molar-refractivity contribution is -0.107. The minimum atomic E-state index is -1.01. The molecule has 0 aliphatic carbocycles. The van der Waals surface area contributed by atoms with E-state index in [1.165, 1.54) is 11.0 Å². The summed E-state index contributed by atoms with van der Waals surface area (Å²) >= 11 is 0. The third-order valence-electron chi connectivity index (χ3n) is 4.78. The highest BCUT2D eigenvalue weighted by Gasteiger charge is 2.34. The molecule has 0 bridgehead atoms. The number of morpholine rings is 1. The highest BCUT2D eigenvalue weighted by Crippen LogP contribution is 2.36. The lowest BCUT2D eigenvalue weighted by Gasteiger charge is -2.36. The Balaban J connectivity index is 2.03. The summed E-state index contributed by atoms with van der Waals surface area (Å²) in [5, 5.41) is 9.34. The van der Waals surface area contributed by atoms with E-state index in [0.29, 0.717) is 24.2 Å². The van der Waals surface area contributed by atoms with Crippen LogP contribution in [0.15, 0.2) is 42.5 Å². The molecule has 3 N–H and O–H groups in total. The molecule has 0 spiro atoms. The SMILES string of the molecule is Cc1cccc(-c2c(F)cccc2[C@H](OCCN)C2CN(C(=O)O)CCO2)c1. The first-order valence-corrected chi connectivity index (χ1v) is 9.28. The topological polar surface area (TPSA) is 85.0 Å². The molecule has 0 saturated carbocycles. The quantitative estimate of drug-likeness (QED) is 0.794. The Bertz CT molecular complexity index is 830. The van der Waals surface area contributed by atoms with E-state index in [0.717, 1.165) is 11.1 Å². The maximum atomic E-state index is 14.9. The fourth-order valence-corrected chi connectivity index (χ4v) is 3.51. The van der Waals surface area contributed by atoms with Crippen molar-refractivity contribution in [1.82, 2.24) is 4.90 Å². The zero-order chi connectivity index (χ0) is 20.1. The lowest BCUT2D eigenvalue weighted by atomic mass is 9.92. The van der Waals surface area contributed by atoms with Crippen LogP contribution in [-0.2, 0) is 9.47 Å². The van der Waals surface area contributed by atoms with Gasteiger partial charge in [-0.2, -0.15) is 0 Å². The van der Waals surface area contributed by atoms with Crippen LogP contribution in [0.3, 0.4) is 0 Å². The van der Waals surface area contributed by atoms with E-state index < -0.39 is 18.3 Å². The van der Waals surface area contributed by atoms with E-state index in [2.05, 4.69) is 0 Å². The maximum absolute atomic E-state index is 14.9. The zero-order valence-electron chi connectivity index (χ0n) is 15.8. The molecular formula is C21H25FN2O4. The second-order valence-electron chi connectivity index (χ2n) is 6.79. The third kappa shape index (κ3) is 4.49. The van der Waals surface area contributed by atoms with Gasteiger partial charge in [-0.3, -0.25) is 0 Å². The molecule has 1 heterocycles. The van der Waals surface area contributed by atoms with Gasteiger partial charge < -0.3 is 25.2 Å². The molecule has 1 fully saturated rings. The minimum absolute atomic E-state index is 0.147. The van der Waals surface area contributed by atoms with Crippen LogP contribution in [0, 0.1) is 12.7 Å². The van der Waals surface area contributed by atoms with Gasteiger partial charge in [-0.25, -0.2) is 9.18 Å². The molecule has 7 heteroatoms. The van der Waals surface area contributed by atoms with Crippen molar-refractivity contribution >= 4 is 6.09 Å². The molecule has 6 nitrogen and oxygen atoms in total. The van der Waals surface area contributed by atoms with Crippen molar-refractivity contribution in [2.24, 2.45) is 5.73 Å². The number of hydrogen-bond acceptors (Lipinski definition) is 4. The minimum Gasteiger partial charge on any atom is -0.465 e. The zero-order valence-corrected chi connectivity index (χ0v) is 15.8. The molecule has 1 aliphatic rings. The molecule has 2 aromatic rings. The first kappa shape index (κ1) is 20.3. The van der Waals surface area contributed by atoms with Crippen molar-refractivity contribution < 1.29 is 23.8 Å². The Morgan fingerprint density at radius 3 is 2.89 bits per heavy atom. The van der Waals surface area contributed by atoms with E-state index in [1.54, 1.807) is 12.1 Å². The number of carbonyl (C=O) groups is 1. The standard InChI is InChI=1S/C21H25FN2O4/c1-14-4-2-5-15(12-14)19-16(6-3-7-17(19)22)20(28-10-8-23)18-13-24(21(25)26)9-11-27-18/h2-7,12,18,20H,8-11,13,23H2,1H3,(H,25,26)/t18?,20-/m0/s1. The number of hydrogen-bond donors (Lipinski definition) is 2. The fraction of sp³-hybridized carbons (Fsp3) is 0.381. The molecule has 1 aliphatic heterocycles. The number of benzene rings is 2. The van der Waals surface area contributed by atoms with E-state index in [1.807, 2.05) is 31.2 Å². The van der Waals surface area contributed by atoms with E-state index in [-0.39, 0.29) is 25.6 Å². The van der Waals surface area contributed by atoms with Gasteiger partial charge in [0.25, 0.3) is 0 Å². The lowest BCUT2D eigenvalue weighted by Crippen LogP contribution is -2.47. The van der Waals surface area contributed by atoms with E-state index in [4.69, 9.17) is 15.2 Å². The second kappa shape index (κ2) is 9.14. The van der Waals surface area contributed by atoms with Crippen LogP contribution in [0.5, 0.6) is 0 Å². The highest BCUT2D eigenvalue weighted by molar-refractivity contribution is 5.69. The smallest absolute Gasteiger partial charge is 0.407 e. The summed E-state index contributed by atoms with van der Waals surface area (Å²) < 4.78 is 26.7. The van der Waals surface area contributed by atoms with Crippen molar-refractivity contribution in [1.29, 1.82) is 0 Å². The molecule has 2 atom stereocenters. The monoisotopic (exact) mass is 388 g/mol. The normalized spacial score (nSPS) is 18.1. The van der Waals surface area contributed by atoms with Gasteiger partial charge in [0.05, 0.1) is 19.8 Å². The molecule has 1 amide bonds. The molecule has 1 unspecified atom stereocenters. The van der Waals surface area contributed by atoms with Crippen molar-refractivity contribution in [3.05, 3.63) is 59.4 Å².